The van der Waals surface area contributed by atoms with E-state index in [1.165, 1.54) is 21.6 Å². The number of benzene rings is 1. The lowest BCUT2D eigenvalue weighted by Crippen LogP contribution is -2.20. The first-order valence-electron chi connectivity index (χ1n) is 5.98. The summed E-state index contributed by atoms with van der Waals surface area (Å²) in [5.41, 5.74) is 4.25. The van der Waals surface area contributed by atoms with Crippen LogP contribution >= 0.6 is 11.3 Å². The Morgan fingerprint density at radius 2 is 1.88 bits per heavy atom. The van der Waals surface area contributed by atoms with Crippen LogP contribution in [0.25, 0.3) is 16.0 Å². The van der Waals surface area contributed by atoms with Crippen LogP contribution in [0, 0.1) is 0 Å². The van der Waals surface area contributed by atoms with E-state index in [1.807, 2.05) is 11.3 Å². The van der Waals surface area contributed by atoms with Crippen molar-refractivity contribution in [3.8, 4) is 10.4 Å². The van der Waals surface area contributed by atoms with Gasteiger partial charge in [-0.05, 0) is 41.1 Å². The van der Waals surface area contributed by atoms with Crippen molar-refractivity contribution < 1.29 is 0 Å². The van der Waals surface area contributed by atoms with Crippen molar-refractivity contribution in [1.29, 1.82) is 0 Å². The molecule has 0 aliphatic carbocycles. The molecule has 17 heavy (non-hydrogen) atoms. The molecule has 1 aliphatic rings. The highest BCUT2D eigenvalue weighted by Crippen LogP contribution is 2.33. The van der Waals surface area contributed by atoms with E-state index in [0.717, 1.165) is 19.5 Å². The molecule has 0 radical (unpaired) electrons. The average Bonchev–Trinajstić information content (AvgIpc) is 2.94. The summed E-state index contributed by atoms with van der Waals surface area (Å²) in [6, 6.07) is 13.0. The Hall–Kier alpha value is -1.38. The third kappa shape index (κ3) is 2.19. The van der Waals surface area contributed by atoms with Crippen LogP contribution in [0.2, 0.25) is 0 Å². The molecule has 0 unspecified atom stereocenters. The molecule has 2 heteroatoms. The van der Waals surface area contributed by atoms with E-state index in [9.17, 15) is 0 Å². The highest BCUT2D eigenvalue weighted by molar-refractivity contribution is 7.13. The normalized spacial score (nSPS) is 15.6. The number of nitrogens with one attached hydrogen (secondary N) is 1. The van der Waals surface area contributed by atoms with Gasteiger partial charge >= 0.3 is 0 Å². The summed E-state index contributed by atoms with van der Waals surface area (Å²) in [6.45, 7) is 2.08. The first kappa shape index (κ1) is 10.8. The molecule has 0 saturated carbocycles. The SMILES string of the molecule is C1=C(c2ccccc2-c2cccs2)CCNC1. The molecule has 0 saturated heterocycles. The summed E-state index contributed by atoms with van der Waals surface area (Å²) in [5.74, 6) is 0. The summed E-state index contributed by atoms with van der Waals surface area (Å²) in [7, 11) is 0. The zero-order valence-corrected chi connectivity index (χ0v) is 10.5. The Bertz CT molecular complexity index is 526. The van der Waals surface area contributed by atoms with Crippen molar-refractivity contribution in [2.45, 2.75) is 6.42 Å². The Balaban J connectivity index is 2.07. The van der Waals surface area contributed by atoms with Crippen molar-refractivity contribution in [1.82, 2.24) is 5.32 Å². The van der Waals surface area contributed by atoms with Gasteiger partial charge in [0.05, 0.1) is 0 Å². The molecule has 1 aromatic carbocycles. The van der Waals surface area contributed by atoms with Crippen LogP contribution in [0.1, 0.15) is 12.0 Å². The van der Waals surface area contributed by atoms with Gasteiger partial charge in [-0.15, -0.1) is 11.3 Å². The Morgan fingerprint density at radius 3 is 2.59 bits per heavy atom. The van der Waals surface area contributed by atoms with Gasteiger partial charge in [0.1, 0.15) is 0 Å². The largest absolute Gasteiger partial charge is 0.313 e. The van der Waals surface area contributed by atoms with Gasteiger partial charge in [0.15, 0.2) is 0 Å². The van der Waals surface area contributed by atoms with Crippen LogP contribution in [0.5, 0.6) is 0 Å². The first-order chi connectivity index (χ1) is 8.45. The van der Waals surface area contributed by atoms with Crippen LogP contribution in [0.3, 0.4) is 0 Å². The fraction of sp³-hybridized carbons (Fsp3) is 0.200. The van der Waals surface area contributed by atoms with Crippen molar-refractivity contribution in [2.75, 3.05) is 13.1 Å². The van der Waals surface area contributed by atoms with E-state index in [-0.39, 0.29) is 0 Å². The minimum atomic E-state index is 0.994. The summed E-state index contributed by atoms with van der Waals surface area (Å²) in [6.07, 6.45) is 3.44. The van der Waals surface area contributed by atoms with Gasteiger partial charge in [-0.2, -0.15) is 0 Å². The maximum atomic E-state index is 3.36. The molecule has 0 bridgehead atoms. The molecule has 1 aromatic heterocycles. The Labute approximate surface area is 106 Å². The second kappa shape index (κ2) is 4.86. The standard InChI is InChI=1S/C15H15NS/c1-2-5-14(15-6-3-11-17-15)13(4-1)12-7-9-16-10-8-12/h1-7,11,16H,8-10H2. The lowest BCUT2D eigenvalue weighted by atomic mass is 9.95. The van der Waals surface area contributed by atoms with Crippen LogP contribution < -0.4 is 5.32 Å². The molecule has 0 spiro atoms. The van der Waals surface area contributed by atoms with Gasteiger partial charge in [-0.1, -0.05) is 36.4 Å². The van der Waals surface area contributed by atoms with E-state index in [1.54, 1.807) is 0 Å². The number of rotatable bonds is 2. The molecule has 2 heterocycles. The molecular weight excluding hydrogens is 226 g/mol. The maximum Gasteiger partial charge on any atom is 0.0348 e. The van der Waals surface area contributed by atoms with E-state index in [2.05, 4.69) is 53.2 Å². The van der Waals surface area contributed by atoms with Crippen LogP contribution in [0.4, 0.5) is 0 Å². The second-order valence-corrected chi connectivity index (χ2v) is 5.15. The summed E-state index contributed by atoms with van der Waals surface area (Å²) < 4.78 is 0. The van der Waals surface area contributed by atoms with E-state index in [0.29, 0.717) is 0 Å². The fourth-order valence-electron chi connectivity index (χ4n) is 2.28. The predicted octanol–water partition coefficient (Wildman–Crippen LogP) is 3.79. The molecule has 1 aliphatic heterocycles. The van der Waals surface area contributed by atoms with Gasteiger partial charge in [-0.3, -0.25) is 0 Å². The van der Waals surface area contributed by atoms with Gasteiger partial charge < -0.3 is 5.32 Å². The summed E-state index contributed by atoms with van der Waals surface area (Å²) in [5, 5.41) is 5.51. The molecule has 1 nitrogen and oxygen atoms in total. The smallest absolute Gasteiger partial charge is 0.0348 e. The van der Waals surface area contributed by atoms with E-state index < -0.39 is 0 Å². The average molecular weight is 241 g/mol. The quantitative estimate of drug-likeness (QED) is 0.843. The van der Waals surface area contributed by atoms with Crippen molar-refractivity contribution in [3.63, 3.8) is 0 Å². The molecule has 1 N–H and O–H groups in total. The molecule has 86 valence electrons. The van der Waals surface area contributed by atoms with Crippen molar-refractivity contribution in [3.05, 3.63) is 53.4 Å². The van der Waals surface area contributed by atoms with Crippen LogP contribution in [-0.4, -0.2) is 13.1 Å². The van der Waals surface area contributed by atoms with Crippen LogP contribution in [0.15, 0.2) is 47.9 Å². The first-order valence-corrected chi connectivity index (χ1v) is 6.86. The van der Waals surface area contributed by atoms with E-state index in [4.69, 9.17) is 0 Å². The number of hydrogen-bond donors (Lipinski definition) is 1. The molecule has 0 atom stereocenters. The lowest BCUT2D eigenvalue weighted by Gasteiger charge is -2.16. The van der Waals surface area contributed by atoms with Gasteiger partial charge in [0, 0.05) is 11.4 Å². The molecule has 3 rings (SSSR count). The zero-order valence-electron chi connectivity index (χ0n) is 9.65. The van der Waals surface area contributed by atoms with Crippen LogP contribution in [-0.2, 0) is 0 Å². The fourth-order valence-corrected chi connectivity index (χ4v) is 3.04. The van der Waals surface area contributed by atoms with Gasteiger partial charge in [0.2, 0.25) is 0 Å². The summed E-state index contributed by atoms with van der Waals surface area (Å²) >= 11 is 1.81. The predicted molar refractivity (Wildman–Crippen MR) is 75.2 cm³/mol. The third-order valence-corrected chi connectivity index (χ3v) is 4.03. The van der Waals surface area contributed by atoms with Gasteiger partial charge in [-0.25, -0.2) is 0 Å². The van der Waals surface area contributed by atoms with Crippen molar-refractivity contribution in [2.24, 2.45) is 0 Å². The lowest BCUT2D eigenvalue weighted by molar-refractivity contribution is 0.739. The number of hydrogen-bond acceptors (Lipinski definition) is 2. The monoisotopic (exact) mass is 241 g/mol. The molecule has 2 aromatic rings. The van der Waals surface area contributed by atoms with E-state index >= 15 is 0 Å². The molecule has 0 amide bonds. The maximum absolute atomic E-state index is 3.36. The topological polar surface area (TPSA) is 12.0 Å². The molecule has 0 fully saturated rings. The third-order valence-electron chi connectivity index (χ3n) is 3.12. The minimum Gasteiger partial charge on any atom is -0.313 e. The minimum absolute atomic E-state index is 0.994. The number of thiophene rings is 1. The Morgan fingerprint density at radius 1 is 1.00 bits per heavy atom. The van der Waals surface area contributed by atoms with Gasteiger partial charge in [0.25, 0.3) is 0 Å². The second-order valence-electron chi connectivity index (χ2n) is 4.21. The Kier molecular flexibility index (Phi) is 3.08. The molecular formula is C15H15NS. The highest BCUT2D eigenvalue weighted by Gasteiger charge is 2.11. The summed E-state index contributed by atoms with van der Waals surface area (Å²) in [4.78, 5) is 1.36. The van der Waals surface area contributed by atoms with Crippen molar-refractivity contribution >= 4 is 16.9 Å². The zero-order chi connectivity index (χ0) is 11.5. The highest BCUT2D eigenvalue weighted by atomic mass is 32.1.